The maximum absolute atomic E-state index is 12.4. The third kappa shape index (κ3) is 5.71. The van der Waals surface area contributed by atoms with Crippen LogP contribution in [0.5, 0.6) is 0 Å². The first kappa shape index (κ1) is 24.1. The molecule has 0 saturated carbocycles. The average molecular weight is 468 g/mol. The molecule has 2 aromatic rings. The second kappa shape index (κ2) is 9.76. The minimum Gasteiger partial charge on any atom is -0.404 e. The normalized spacial score (nSPS) is 12.9. The molecule has 0 fully saturated rings. The molecule has 0 aliphatic carbocycles. The van der Waals surface area contributed by atoms with E-state index in [-0.39, 0.29) is 35.2 Å². The van der Waals surface area contributed by atoms with Crippen LogP contribution in [0, 0.1) is 6.92 Å². The van der Waals surface area contributed by atoms with Gasteiger partial charge in [-0.25, -0.2) is 27.7 Å². The van der Waals surface area contributed by atoms with Gasteiger partial charge in [-0.05, 0) is 42.5 Å². The highest BCUT2D eigenvalue weighted by atomic mass is 33.2. The first-order valence-corrected chi connectivity index (χ1v) is 12.6. The van der Waals surface area contributed by atoms with Crippen molar-refractivity contribution in [2.24, 2.45) is 16.6 Å². The number of anilines is 3. The third-order valence-corrected chi connectivity index (χ3v) is 9.56. The maximum atomic E-state index is 12.4. The molecular formula is C18H25N7O4S2. The molecule has 0 amide bonds. The second-order valence-electron chi connectivity index (χ2n) is 6.60. The zero-order chi connectivity index (χ0) is 23.2. The largest absolute Gasteiger partial charge is 0.404 e. The lowest BCUT2D eigenvalue weighted by molar-refractivity contribution is 0.582. The minimum atomic E-state index is -4.53. The van der Waals surface area contributed by atoms with Crippen LogP contribution in [0.25, 0.3) is 0 Å². The van der Waals surface area contributed by atoms with Crippen LogP contribution in [0.4, 0.5) is 17.3 Å². The Morgan fingerprint density at radius 2 is 1.81 bits per heavy atom. The summed E-state index contributed by atoms with van der Waals surface area (Å²) in [5.74, 6) is 5.07. The summed E-state index contributed by atoms with van der Waals surface area (Å²) in [4.78, 5) is 7.67. The van der Waals surface area contributed by atoms with Crippen LogP contribution >= 0.6 is 0 Å². The molecule has 168 valence electrons. The van der Waals surface area contributed by atoms with Crippen LogP contribution < -0.4 is 28.5 Å². The summed E-state index contributed by atoms with van der Waals surface area (Å²) in [7, 11) is -9.00. The number of aromatic nitrogens is 1. The summed E-state index contributed by atoms with van der Waals surface area (Å²) < 4.78 is 49.5. The molecule has 1 aromatic heterocycles. The van der Waals surface area contributed by atoms with Crippen molar-refractivity contribution in [3.63, 3.8) is 0 Å². The molecule has 0 saturated heterocycles. The van der Waals surface area contributed by atoms with Gasteiger partial charge in [-0.1, -0.05) is 17.7 Å². The van der Waals surface area contributed by atoms with Crippen molar-refractivity contribution >= 4 is 41.3 Å². The van der Waals surface area contributed by atoms with Crippen molar-refractivity contribution in [3.05, 3.63) is 53.2 Å². The van der Waals surface area contributed by atoms with Gasteiger partial charge in [0.2, 0.25) is 0 Å². The summed E-state index contributed by atoms with van der Waals surface area (Å²) in [6.45, 7) is 1.50. The molecule has 9 N–H and O–H groups in total. The van der Waals surface area contributed by atoms with E-state index >= 15 is 0 Å². The van der Waals surface area contributed by atoms with E-state index in [0.717, 1.165) is 5.56 Å². The molecule has 2 rings (SSSR count). The number of nitrogens with zero attached hydrogens (tertiary/aromatic N) is 2. The summed E-state index contributed by atoms with van der Waals surface area (Å²) in [6, 6.07) is 7.13. The Balaban J connectivity index is 2.09. The van der Waals surface area contributed by atoms with Gasteiger partial charge in [0.15, 0.2) is 5.82 Å². The molecule has 0 atom stereocenters. The highest BCUT2D eigenvalue weighted by Gasteiger charge is 2.31. The molecule has 0 aliphatic heterocycles. The monoisotopic (exact) mass is 467 g/mol. The van der Waals surface area contributed by atoms with Crippen molar-refractivity contribution in [1.82, 2.24) is 4.98 Å². The van der Waals surface area contributed by atoms with Crippen molar-refractivity contribution < 1.29 is 16.8 Å². The van der Waals surface area contributed by atoms with Gasteiger partial charge in [0.25, 0.3) is 17.7 Å². The Morgan fingerprint density at radius 3 is 2.39 bits per heavy atom. The molecule has 13 heteroatoms. The number of aliphatic imine (C=N–C) groups is 1. The van der Waals surface area contributed by atoms with Crippen LogP contribution in [0.15, 0.2) is 52.0 Å². The molecule has 1 heterocycles. The predicted octanol–water partition coefficient (Wildman–Crippen LogP) is 0.0996. The van der Waals surface area contributed by atoms with Gasteiger partial charge in [-0.15, -0.1) is 0 Å². The highest BCUT2D eigenvalue weighted by molar-refractivity contribution is 8.67. The van der Waals surface area contributed by atoms with Gasteiger partial charge in [-0.3, -0.25) is 4.99 Å². The van der Waals surface area contributed by atoms with Crippen LogP contribution in [-0.4, -0.2) is 40.3 Å². The van der Waals surface area contributed by atoms with Crippen LogP contribution in [0.1, 0.15) is 11.1 Å². The van der Waals surface area contributed by atoms with E-state index in [1.165, 1.54) is 36.7 Å². The lowest BCUT2D eigenvalue weighted by Crippen LogP contribution is -2.20. The lowest BCUT2D eigenvalue weighted by atomic mass is 10.1. The molecule has 0 radical (unpaired) electrons. The van der Waals surface area contributed by atoms with E-state index in [0.29, 0.717) is 11.1 Å². The van der Waals surface area contributed by atoms with Gasteiger partial charge in [0.1, 0.15) is 5.82 Å². The number of benzene rings is 1. The number of nitrogen functional groups attached to an aromatic ring is 3. The molecular weight excluding hydrogens is 442 g/mol. The first-order valence-electron chi connectivity index (χ1n) is 8.98. The minimum absolute atomic E-state index is 0.192. The third-order valence-electron chi connectivity index (χ3n) is 4.28. The SMILES string of the molecule is Cc1ccc(S(=O)(=O)S(=O)(=O)CCN=CC(=CN)Cc2cc(N)nc(NN)c2N)cc1. The molecule has 1 aromatic carbocycles. The van der Waals surface area contributed by atoms with Gasteiger partial charge >= 0.3 is 0 Å². The number of allylic oxidation sites excluding steroid dienone is 1. The summed E-state index contributed by atoms with van der Waals surface area (Å²) in [5, 5.41) is 0. The molecule has 0 aliphatic rings. The van der Waals surface area contributed by atoms with Crippen LogP contribution in [0.3, 0.4) is 0 Å². The number of hydrazine groups is 1. The van der Waals surface area contributed by atoms with Gasteiger partial charge < -0.3 is 22.6 Å². The second-order valence-corrected chi connectivity index (χ2v) is 12.3. The van der Waals surface area contributed by atoms with Crippen molar-refractivity contribution in [1.29, 1.82) is 0 Å². The Hall–Kier alpha value is -3.16. The number of nitrogens with two attached hydrogens (primary N) is 4. The number of aryl methyl sites for hydroxylation is 1. The number of pyridine rings is 1. The van der Waals surface area contributed by atoms with Crippen molar-refractivity contribution in [2.75, 3.05) is 29.2 Å². The maximum Gasteiger partial charge on any atom is 0.282 e. The zero-order valence-corrected chi connectivity index (χ0v) is 18.4. The van der Waals surface area contributed by atoms with Gasteiger partial charge in [-0.2, -0.15) is 0 Å². The number of nitrogens with one attached hydrogen (secondary N) is 1. The first-order chi connectivity index (χ1) is 14.5. The van der Waals surface area contributed by atoms with E-state index in [1.54, 1.807) is 13.0 Å². The summed E-state index contributed by atoms with van der Waals surface area (Å²) >= 11 is 0. The van der Waals surface area contributed by atoms with E-state index in [2.05, 4.69) is 15.4 Å². The highest BCUT2D eigenvalue weighted by Crippen LogP contribution is 2.24. The number of hydrogen-bond acceptors (Lipinski definition) is 11. The van der Waals surface area contributed by atoms with Gasteiger partial charge in [0, 0.05) is 12.6 Å². The average Bonchev–Trinajstić information content (AvgIpc) is 2.72. The van der Waals surface area contributed by atoms with E-state index in [4.69, 9.17) is 23.0 Å². The summed E-state index contributed by atoms with van der Waals surface area (Å²) in [6.07, 6.45) is 2.84. The standard InChI is InChI=1S/C18H25N7O4S2/c1-12-2-4-15(5-3-12)31(28,29)30(26,27)7-6-23-11-13(10-19)8-14-9-16(20)24-18(25-22)17(14)21/h2-5,9-11H,6-8,19,21-22H2,1H3,(H3,20,24,25). The molecule has 0 spiro atoms. The lowest BCUT2D eigenvalue weighted by Gasteiger charge is -2.11. The van der Waals surface area contributed by atoms with Crippen LogP contribution in [0.2, 0.25) is 0 Å². The molecule has 0 bridgehead atoms. The van der Waals surface area contributed by atoms with E-state index in [1.807, 2.05) is 0 Å². The Kier molecular flexibility index (Phi) is 7.60. The smallest absolute Gasteiger partial charge is 0.282 e. The fourth-order valence-corrected chi connectivity index (χ4v) is 5.97. The molecule has 11 nitrogen and oxygen atoms in total. The molecule has 31 heavy (non-hydrogen) atoms. The topological polar surface area (TPSA) is 210 Å². The quantitative estimate of drug-likeness (QED) is 0.145. The van der Waals surface area contributed by atoms with E-state index < -0.39 is 23.5 Å². The number of rotatable bonds is 9. The molecule has 0 unspecified atom stereocenters. The Morgan fingerprint density at radius 1 is 1.16 bits per heavy atom. The van der Waals surface area contributed by atoms with Crippen LogP contribution in [-0.2, 0) is 24.2 Å². The predicted molar refractivity (Wildman–Crippen MR) is 122 cm³/mol. The number of hydrogen-bond donors (Lipinski definition) is 5. The van der Waals surface area contributed by atoms with Crippen molar-refractivity contribution in [3.8, 4) is 0 Å². The fourth-order valence-electron chi connectivity index (χ4n) is 2.56. The zero-order valence-electron chi connectivity index (χ0n) is 16.8. The Bertz CT molecular complexity index is 1210. The fraction of sp³-hybridized carbons (Fsp3) is 0.222. The van der Waals surface area contributed by atoms with E-state index in [9.17, 15) is 16.8 Å². The van der Waals surface area contributed by atoms with Crippen molar-refractivity contribution in [2.45, 2.75) is 18.2 Å². The van der Waals surface area contributed by atoms with Gasteiger partial charge in [0.05, 0.1) is 22.9 Å². The Labute approximate surface area is 180 Å². The summed E-state index contributed by atoms with van der Waals surface area (Å²) in [5.41, 5.74) is 21.8.